The number of aromatic amines is 1. The van der Waals surface area contributed by atoms with Crippen molar-refractivity contribution >= 4 is 33.2 Å². The van der Waals surface area contributed by atoms with E-state index < -0.39 is 16.6 Å². The van der Waals surface area contributed by atoms with E-state index in [0.717, 1.165) is 5.56 Å². The monoisotopic (exact) mass is 349 g/mol. The Morgan fingerprint density at radius 2 is 2.05 bits per heavy atom. The summed E-state index contributed by atoms with van der Waals surface area (Å²) in [7, 11) is -3.75. The van der Waals surface area contributed by atoms with Crippen LogP contribution in [-0.2, 0) is 23.1 Å². The lowest BCUT2D eigenvalue weighted by atomic mass is 10.1. The number of nitrogens with zero attached hydrogens (tertiary/aromatic N) is 1. The van der Waals surface area contributed by atoms with Gasteiger partial charge in [-0.1, -0.05) is 29.3 Å². The third-order valence-electron chi connectivity index (χ3n) is 2.82. The van der Waals surface area contributed by atoms with E-state index >= 15 is 0 Å². The van der Waals surface area contributed by atoms with Crippen LogP contribution in [0.4, 0.5) is 0 Å². The number of rotatable bonds is 6. The van der Waals surface area contributed by atoms with Gasteiger partial charge in [-0.15, -0.1) is 0 Å². The molecule has 1 heterocycles. The normalized spacial score (nSPS) is 11.8. The molecular formula is C12H13Cl2N3O3S. The summed E-state index contributed by atoms with van der Waals surface area (Å²) in [4.78, 5) is 0. The lowest BCUT2D eigenvalue weighted by Crippen LogP contribution is -2.27. The van der Waals surface area contributed by atoms with E-state index in [1.54, 1.807) is 18.2 Å². The number of nitrogens with one attached hydrogen (secondary N) is 2. The number of hydrogen-bond acceptors (Lipinski definition) is 4. The van der Waals surface area contributed by atoms with Gasteiger partial charge in [0.25, 0.3) is 10.0 Å². The van der Waals surface area contributed by atoms with Crippen molar-refractivity contribution in [3.05, 3.63) is 45.6 Å². The average Bonchev–Trinajstić information content (AvgIpc) is 2.90. The van der Waals surface area contributed by atoms with Gasteiger partial charge in [0, 0.05) is 22.2 Å². The zero-order chi connectivity index (χ0) is 15.5. The van der Waals surface area contributed by atoms with Gasteiger partial charge in [-0.2, -0.15) is 5.10 Å². The molecule has 1 aromatic heterocycles. The molecule has 21 heavy (non-hydrogen) atoms. The van der Waals surface area contributed by atoms with Crippen LogP contribution in [-0.4, -0.2) is 30.3 Å². The Morgan fingerprint density at radius 1 is 1.29 bits per heavy atom. The van der Waals surface area contributed by atoms with Crippen LogP contribution in [0.1, 0.15) is 11.1 Å². The molecule has 6 nitrogen and oxygen atoms in total. The fraction of sp³-hybridized carbons (Fsp3) is 0.250. The minimum atomic E-state index is -3.75. The molecule has 3 N–H and O–H groups in total. The highest BCUT2D eigenvalue weighted by atomic mass is 35.5. The summed E-state index contributed by atoms with van der Waals surface area (Å²) in [5.74, 6) is 0. The number of halogens is 2. The minimum absolute atomic E-state index is 0.132. The number of hydrogen-bond donors (Lipinski definition) is 3. The van der Waals surface area contributed by atoms with Crippen LogP contribution >= 0.6 is 23.2 Å². The predicted molar refractivity (Wildman–Crippen MR) is 79.9 cm³/mol. The first kappa shape index (κ1) is 16.3. The zero-order valence-corrected chi connectivity index (χ0v) is 13.1. The maximum Gasteiger partial charge on any atom is 0.257 e. The second kappa shape index (κ2) is 6.76. The van der Waals surface area contributed by atoms with Crippen LogP contribution in [0, 0.1) is 0 Å². The number of aliphatic hydroxyl groups is 1. The van der Waals surface area contributed by atoms with Crippen molar-refractivity contribution < 1.29 is 13.5 Å². The van der Waals surface area contributed by atoms with Crippen LogP contribution in [0.3, 0.4) is 0 Å². The summed E-state index contributed by atoms with van der Waals surface area (Å²) >= 11 is 11.8. The molecule has 0 saturated heterocycles. The van der Waals surface area contributed by atoms with Crippen molar-refractivity contribution in [3.63, 3.8) is 0 Å². The molecular weight excluding hydrogens is 337 g/mol. The van der Waals surface area contributed by atoms with Crippen LogP contribution in [0.5, 0.6) is 0 Å². The molecule has 0 fully saturated rings. The van der Waals surface area contributed by atoms with Gasteiger partial charge in [-0.05, 0) is 24.1 Å². The molecule has 0 aliphatic rings. The van der Waals surface area contributed by atoms with Gasteiger partial charge < -0.3 is 5.11 Å². The van der Waals surface area contributed by atoms with Gasteiger partial charge in [0.1, 0.15) is 0 Å². The molecule has 9 heteroatoms. The average molecular weight is 350 g/mol. The van der Waals surface area contributed by atoms with Crippen molar-refractivity contribution in [2.45, 2.75) is 18.1 Å². The highest BCUT2D eigenvalue weighted by molar-refractivity contribution is 7.89. The van der Waals surface area contributed by atoms with E-state index in [1.165, 1.54) is 6.20 Å². The van der Waals surface area contributed by atoms with Crippen molar-refractivity contribution in [3.8, 4) is 0 Å². The van der Waals surface area contributed by atoms with E-state index in [2.05, 4.69) is 14.9 Å². The van der Waals surface area contributed by atoms with Crippen LogP contribution in [0.2, 0.25) is 10.0 Å². The van der Waals surface area contributed by atoms with Crippen molar-refractivity contribution in [2.24, 2.45) is 0 Å². The van der Waals surface area contributed by atoms with Crippen molar-refractivity contribution in [1.29, 1.82) is 0 Å². The Morgan fingerprint density at radius 3 is 2.71 bits per heavy atom. The van der Waals surface area contributed by atoms with E-state index in [1.807, 2.05) is 0 Å². The van der Waals surface area contributed by atoms with E-state index in [-0.39, 0.29) is 17.1 Å². The Balaban J connectivity index is 2.02. The molecule has 0 unspecified atom stereocenters. The van der Waals surface area contributed by atoms with Gasteiger partial charge in [0.15, 0.2) is 5.03 Å². The SMILES string of the molecule is O=S(=O)(NCCc1ccc(Cl)cc1Cl)c1[nH]ncc1CO. The molecule has 0 saturated carbocycles. The molecule has 0 atom stereocenters. The van der Waals surface area contributed by atoms with E-state index in [4.69, 9.17) is 28.3 Å². The van der Waals surface area contributed by atoms with Gasteiger partial charge >= 0.3 is 0 Å². The molecule has 2 aromatic rings. The molecule has 0 amide bonds. The highest BCUT2D eigenvalue weighted by Crippen LogP contribution is 2.21. The summed E-state index contributed by atoms with van der Waals surface area (Å²) in [6.45, 7) is -0.247. The predicted octanol–water partition coefficient (Wildman–Crippen LogP) is 1.73. The summed E-state index contributed by atoms with van der Waals surface area (Å²) in [5, 5.41) is 15.9. The van der Waals surface area contributed by atoms with Gasteiger partial charge in [0.05, 0.1) is 12.8 Å². The summed E-state index contributed by atoms with van der Waals surface area (Å²) in [5.41, 5.74) is 1.00. The number of aromatic nitrogens is 2. The first-order valence-electron chi connectivity index (χ1n) is 6.00. The maximum atomic E-state index is 12.1. The topological polar surface area (TPSA) is 95.1 Å². The van der Waals surface area contributed by atoms with Gasteiger partial charge in [-0.3, -0.25) is 5.10 Å². The smallest absolute Gasteiger partial charge is 0.257 e. The number of benzene rings is 1. The molecule has 2 rings (SSSR count). The molecule has 1 aromatic carbocycles. The number of H-pyrrole nitrogens is 1. The number of aliphatic hydroxyl groups excluding tert-OH is 1. The lowest BCUT2D eigenvalue weighted by molar-refractivity contribution is 0.278. The number of sulfonamides is 1. The fourth-order valence-electron chi connectivity index (χ4n) is 1.76. The molecule has 0 aliphatic heterocycles. The Bertz CT molecular complexity index is 731. The Hall–Kier alpha value is -1.12. The van der Waals surface area contributed by atoms with Crippen LogP contribution in [0.15, 0.2) is 29.4 Å². The van der Waals surface area contributed by atoms with E-state index in [9.17, 15) is 8.42 Å². The summed E-state index contributed by atoms with van der Waals surface area (Å²) in [6, 6.07) is 5.04. The van der Waals surface area contributed by atoms with Crippen molar-refractivity contribution in [2.75, 3.05) is 6.54 Å². The Labute approximate surface area is 132 Å². The first-order chi connectivity index (χ1) is 9.94. The maximum absolute atomic E-state index is 12.1. The van der Waals surface area contributed by atoms with E-state index in [0.29, 0.717) is 16.5 Å². The lowest BCUT2D eigenvalue weighted by Gasteiger charge is -2.07. The minimum Gasteiger partial charge on any atom is -0.392 e. The summed E-state index contributed by atoms with van der Waals surface area (Å²) in [6.07, 6.45) is 1.68. The van der Waals surface area contributed by atoms with Crippen molar-refractivity contribution in [1.82, 2.24) is 14.9 Å². The highest BCUT2D eigenvalue weighted by Gasteiger charge is 2.19. The summed E-state index contributed by atoms with van der Waals surface area (Å²) < 4.78 is 26.5. The Kier molecular flexibility index (Phi) is 5.23. The third-order valence-corrected chi connectivity index (χ3v) is 4.88. The van der Waals surface area contributed by atoms with Crippen LogP contribution < -0.4 is 4.72 Å². The standard InChI is InChI=1S/C12H13Cl2N3O3S/c13-10-2-1-8(11(14)5-10)3-4-16-21(19,20)12-9(7-18)6-15-17-12/h1-2,5-6,16,18H,3-4,7H2,(H,15,17). The molecule has 0 radical (unpaired) electrons. The van der Waals surface area contributed by atoms with Gasteiger partial charge in [-0.25, -0.2) is 13.1 Å². The third kappa shape index (κ3) is 3.96. The fourth-order valence-corrected chi connectivity index (χ4v) is 3.41. The van der Waals surface area contributed by atoms with Crippen LogP contribution in [0.25, 0.3) is 0 Å². The largest absolute Gasteiger partial charge is 0.392 e. The molecule has 0 aliphatic carbocycles. The zero-order valence-electron chi connectivity index (χ0n) is 10.8. The second-order valence-corrected chi connectivity index (χ2v) is 6.81. The molecule has 114 valence electrons. The first-order valence-corrected chi connectivity index (χ1v) is 8.24. The second-order valence-electron chi connectivity index (χ2n) is 4.27. The molecule has 0 bridgehead atoms. The quantitative estimate of drug-likeness (QED) is 0.739. The molecule has 0 spiro atoms. The van der Waals surface area contributed by atoms with Gasteiger partial charge in [0.2, 0.25) is 0 Å².